The fourth-order valence-electron chi connectivity index (χ4n) is 1.94. The van der Waals surface area contributed by atoms with Crippen LogP contribution in [0.1, 0.15) is 6.42 Å². The zero-order chi connectivity index (χ0) is 15.1. The summed E-state index contributed by atoms with van der Waals surface area (Å²) in [6.07, 6.45) is -0.102. The molecule has 1 fully saturated rings. The molecule has 1 N–H and O–H groups in total. The second kappa shape index (κ2) is 5.48. The summed E-state index contributed by atoms with van der Waals surface area (Å²) < 4.78 is 39.0. The molecule has 0 saturated carbocycles. The van der Waals surface area contributed by atoms with Gasteiger partial charge >= 0.3 is 5.97 Å². The number of carboxylic acid groups (broad SMARTS) is 1. The molecule has 1 aromatic carbocycles. The lowest BCUT2D eigenvalue weighted by atomic mass is 10.00. The van der Waals surface area contributed by atoms with Gasteiger partial charge in [-0.05, 0) is 18.1 Å². The monoisotopic (exact) mass is 341 g/mol. The van der Waals surface area contributed by atoms with Crippen LogP contribution in [0.4, 0.5) is 4.39 Å². The van der Waals surface area contributed by atoms with E-state index in [2.05, 4.69) is 0 Å². The quantitative estimate of drug-likeness (QED) is 0.852. The van der Waals surface area contributed by atoms with Gasteiger partial charge in [-0.2, -0.15) is 4.31 Å². The third-order valence-electron chi connectivity index (χ3n) is 3.00. The van der Waals surface area contributed by atoms with Crippen LogP contribution in [0, 0.1) is 11.7 Å². The van der Waals surface area contributed by atoms with Crippen LogP contribution in [-0.4, -0.2) is 36.9 Å². The molecular formula is C11H10Cl2FNO4S. The predicted molar refractivity (Wildman–Crippen MR) is 70.9 cm³/mol. The summed E-state index contributed by atoms with van der Waals surface area (Å²) in [6.45, 7) is 0.157. The molecule has 9 heteroatoms. The minimum Gasteiger partial charge on any atom is -0.481 e. The number of benzene rings is 1. The maximum Gasteiger partial charge on any atom is 0.303 e. The Morgan fingerprint density at radius 1 is 1.40 bits per heavy atom. The maximum atomic E-state index is 13.5. The van der Waals surface area contributed by atoms with Gasteiger partial charge in [0, 0.05) is 13.1 Å². The van der Waals surface area contributed by atoms with Gasteiger partial charge < -0.3 is 5.11 Å². The lowest BCUT2D eigenvalue weighted by Gasteiger charge is -2.37. The van der Waals surface area contributed by atoms with E-state index in [1.165, 1.54) is 0 Å². The van der Waals surface area contributed by atoms with Gasteiger partial charge in [-0.3, -0.25) is 4.79 Å². The van der Waals surface area contributed by atoms with E-state index in [0.717, 1.165) is 16.4 Å². The predicted octanol–water partition coefficient (Wildman–Crippen LogP) is 2.23. The van der Waals surface area contributed by atoms with Crippen LogP contribution >= 0.6 is 23.2 Å². The molecule has 1 saturated heterocycles. The van der Waals surface area contributed by atoms with Crippen molar-refractivity contribution in [3.63, 3.8) is 0 Å². The smallest absolute Gasteiger partial charge is 0.303 e. The first kappa shape index (κ1) is 15.5. The van der Waals surface area contributed by atoms with Gasteiger partial charge in [0.25, 0.3) is 0 Å². The van der Waals surface area contributed by atoms with Crippen LogP contribution < -0.4 is 0 Å². The third-order valence-corrected chi connectivity index (χ3v) is 5.65. The third kappa shape index (κ3) is 2.76. The molecule has 2 rings (SSSR count). The molecule has 0 radical (unpaired) electrons. The molecule has 0 aromatic heterocycles. The summed E-state index contributed by atoms with van der Waals surface area (Å²) in [5.41, 5.74) is 0. The van der Waals surface area contributed by atoms with Crippen molar-refractivity contribution < 1.29 is 22.7 Å². The zero-order valence-corrected chi connectivity index (χ0v) is 12.3. The molecule has 20 heavy (non-hydrogen) atoms. The molecule has 0 spiro atoms. The van der Waals surface area contributed by atoms with E-state index in [0.29, 0.717) is 0 Å². The highest BCUT2D eigenvalue weighted by atomic mass is 35.5. The summed E-state index contributed by atoms with van der Waals surface area (Å²) in [5.74, 6) is -2.21. The number of carboxylic acids is 1. The van der Waals surface area contributed by atoms with Crippen LogP contribution in [0.3, 0.4) is 0 Å². The topological polar surface area (TPSA) is 74.7 Å². The molecule has 5 nitrogen and oxygen atoms in total. The first-order valence-electron chi connectivity index (χ1n) is 5.59. The van der Waals surface area contributed by atoms with E-state index in [4.69, 9.17) is 28.3 Å². The van der Waals surface area contributed by atoms with Crippen LogP contribution in [0.5, 0.6) is 0 Å². The molecule has 1 aliphatic rings. The maximum absolute atomic E-state index is 13.5. The minimum atomic E-state index is -3.93. The van der Waals surface area contributed by atoms with Gasteiger partial charge in [0.2, 0.25) is 10.0 Å². The van der Waals surface area contributed by atoms with Crippen LogP contribution in [-0.2, 0) is 14.8 Å². The summed E-state index contributed by atoms with van der Waals surface area (Å²) in [5, 5.41) is 7.79. The number of hydrogen-bond acceptors (Lipinski definition) is 3. The summed E-state index contributed by atoms with van der Waals surface area (Å²) >= 11 is 11.2. The summed E-state index contributed by atoms with van der Waals surface area (Å²) in [4.78, 5) is 10.1. The SMILES string of the molecule is O=C(O)CC1CN(S(=O)(=O)c2ccc(Cl)c(F)c2Cl)C1. The highest BCUT2D eigenvalue weighted by Gasteiger charge is 2.39. The molecule has 0 bridgehead atoms. The van der Waals surface area contributed by atoms with Crippen LogP contribution in [0.2, 0.25) is 10.0 Å². The average Bonchev–Trinajstić information content (AvgIpc) is 2.29. The second-order valence-electron chi connectivity index (χ2n) is 4.46. The highest BCUT2D eigenvalue weighted by Crippen LogP contribution is 2.34. The van der Waals surface area contributed by atoms with Crippen molar-refractivity contribution in [1.29, 1.82) is 0 Å². The van der Waals surface area contributed by atoms with Gasteiger partial charge in [-0.25, -0.2) is 12.8 Å². The minimum absolute atomic E-state index is 0.0786. The van der Waals surface area contributed by atoms with Gasteiger partial charge in [0.05, 0.1) is 16.5 Å². The Balaban J connectivity index is 2.21. The van der Waals surface area contributed by atoms with E-state index in [-0.39, 0.29) is 35.3 Å². The van der Waals surface area contributed by atoms with Crippen molar-refractivity contribution in [2.24, 2.45) is 5.92 Å². The van der Waals surface area contributed by atoms with E-state index < -0.39 is 26.8 Å². The average molecular weight is 342 g/mol. The Labute approximate surface area is 124 Å². The Bertz CT molecular complexity index is 659. The normalized spacial score (nSPS) is 16.9. The standard InChI is InChI=1S/C11H10Cl2FNO4S/c12-7-1-2-8(10(13)11(7)14)20(18,19)15-4-6(5-15)3-9(16)17/h1-2,6H,3-5H2,(H,16,17). The summed E-state index contributed by atoms with van der Waals surface area (Å²) in [7, 11) is -3.93. The fourth-order valence-corrected chi connectivity index (χ4v) is 4.25. The summed E-state index contributed by atoms with van der Waals surface area (Å²) in [6, 6.07) is 2.25. The Kier molecular flexibility index (Phi) is 4.24. The first-order chi connectivity index (χ1) is 9.23. The number of carbonyl (C=O) groups is 1. The molecule has 0 aliphatic carbocycles. The van der Waals surface area contributed by atoms with E-state index in [1.54, 1.807) is 0 Å². The van der Waals surface area contributed by atoms with Gasteiger partial charge in [0.1, 0.15) is 4.90 Å². The number of nitrogens with zero attached hydrogens (tertiary/aromatic N) is 1. The zero-order valence-electron chi connectivity index (χ0n) is 10.0. The van der Waals surface area contributed by atoms with Gasteiger partial charge in [-0.15, -0.1) is 0 Å². The molecular weight excluding hydrogens is 332 g/mol. The van der Waals surface area contributed by atoms with Gasteiger partial charge in [-0.1, -0.05) is 23.2 Å². The number of hydrogen-bond donors (Lipinski definition) is 1. The Morgan fingerprint density at radius 3 is 2.55 bits per heavy atom. The van der Waals surface area contributed by atoms with E-state index in [9.17, 15) is 17.6 Å². The fraction of sp³-hybridized carbons (Fsp3) is 0.364. The van der Waals surface area contributed by atoms with E-state index >= 15 is 0 Å². The van der Waals surface area contributed by atoms with Crippen molar-refractivity contribution in [2.45, 2.75) is 11.3 Å². The van der Waals surface area contributed by atoms with Crippen molar-refractivity contribution in [3.05, 3.63) is 28.0 Å². The molecule has 0 unspecified atom stereocenters. The lowest BCUT2D eigenvalue weighted by molar-refractivity contribution is -0.139. The lowest BCUT2D eigenvalue weighted by Crippen LogP contribution is -2.50. The number of halogens is 3. The highest BCUT2D eigenvalue weighted by molar-refractivity contribution is 7.89. The molecule has 1 aliphatic heterocycles. The molecule has 0 atom stereocenters. The van der Waals surface area contributed by atoms with Crippen molar-refractivity contribution >= 4 is 39.2 Å². The molecule has 1 heterocycles. The molecule has 0 amide bonds. The van der Waals surface area contributed by atoms with Crippen LogP contribution in [0.15, 0.2) is 17.0 Å². The van der Waals surface area contributed by atoms with Crippen molar-refractivity contribution in [3.8, 4) is 0 Å². The number of rotatable bonds is 4. The Hall–Kier alpha value is -0.890. The van der Waals surface area contributed by atoms with Crippen molar-refractivity contribution in [2.75, 3.05) is 13.1 Å². The van der Waals surface area contributed by atoms with E-state index in [1.807, 2.05) is 0 Å². The van der Waals surface area contributed by atoms with Crippen LogP contribution in [0.25, 0.3) is 0 Å². The number of sulfonamides is 1. The number of aliphatic carboxylic acids is 1. The van der Waals surface area contributed by atoms with Gasteiger partial charge in [0.15, 0.2) is 5.82 Å². The molecule has 1 aromatic rings. The molecule has 110 valence electrons. The Morgan fingerprint density at radius 2 is 2.00 bits per heavy atom. The largest absolute Gasteiger partial charge is 0.481 e. The first-order valence-corrected chi connectivity index (χ1v) is 7.78. The second-order valence-corrected chi connectivity index (χ2v) is 7.15. The van der Waals surface area contributed by atoms with Crippen molar-refractivity contribution in [1.82, 2.24) is 4.31 Å².